The number of aromatic amines is 1. The minimum atomic E-state index is -3.60. The average molecular weight is 372 g/mol. The van der Waals surface area contributed by atoms with Crippen LogP contribution >= 0.6 is 0 Å². The summed E-state index contributed by atoms with van der Waals surface area (Å²) in [6.45, 7) is -0.390. The zero-order valence-electron chi connectivity index (χ0n) is 13.8. The van der Waals surface area contributed by atoms with E-state index in [-0.39, 0.29) is 6.61 Å². The van der Waals surface area contributed by atoms with Gasteiger partial charge in [-0.15, -0.1) is 0 Å². The number of hydrogen-bond donors (Lipinski definition) is 1. The van der Waals surface area contributed by atoms with Crippen molar-refractivity contribution in [1.29, 1.82) is 0 Å². The van der Waals surface area contributed by atoms with E-state index in [9.17, 15) is 8.78 Å². The van der Waals surface area contributed by atoms with Gasteiger partial charge in [0.2, 0.25) is 0 Å². The van der Waals surface area contributed by atoms with E-state index in [1.54, 1.807) is 18.5 Å². The summed E-state index contributed by atoms with van der Waals surface area (Å²) in [5.74, 6) is 0.149. The molecule has 1 unspecified atom stereocenters. The maximum absolute atomic E-state index is 15.0. The molecule has 1 fully saturated rings. The first kappa shape index (κ1) is 17.3. The van der Waals surface area contributed by atoms with Crippen LogP contribution in [0.3, 0.4) is 0 Å². The standard InChI is InChI=1S/C20H12F4N2O/c21-15-4-5-16(17(22)9-15)19(12-27-19)20(23,24)18-6-3-13(11-26-18)1-2-14-7-8-25-10-14/h3-11,25H,12H2. The quantitative estimate of drug-likeness (QED) is 0.427. The maximum Gasteiger partial charge on any atom is 0.324 e. The number of alkyl halides is 2. The van der Waals surface area contributed by atoms with Crippen molar-refractivity contribution in [3.63, 3.8) is 0 Å². The lowest BCUT2D eigenvalue weighted by molar-refractivity contribution is -0.0901. The van der Waals surface area contributed by atoms with Crippen molar-refractivity contribution in [2.24, 2.45) is 0 Å². The van der Waals surface area contributed by atoms with Crippen LogP contribution in [0.4, 0.5) is 17.6 Å². The second-order valence-electron chi connectivity index (χ2n) is 6.10. The predicted octanol–water partition coefficient (Wildman–Crippen LogP) is 4.11. The zero-order chi connectivity index (χ0) is 19.1. The summed E-state index contributed by atoms with van der Waals surface area (Å²) in [6, 6.07) is 6.77. The minimum absolute atomic E-state index is 0.390. The Hall–Kier alpha value is -3.11. The van der Waals surface area contributed by atoms with Crippen LogP contribution in [0, 0.1) is 23.5 Å². The summed E-state index contributed by atoms with van der Waals surface area (Å²) in [5.41, 5.74) is -1.95. The number of rotatable bonds is 3. The van der Waals surface area contributed by atoms with Crippen molar-refractivity contribution < 1.29 is 22.3 Å². The maximum atomic E-state index is 15.0. The lowest BCUT2D eigenvalue weighted by atomic mass is 9.90. The number of nitrogens with zero attached hydrogens (tertiary/aromatic N) is 1. The van der Waals surface area contributed by atoms with Gasteiger partial charge in [0.05, 0.1) is 6.61 Å². The molecule has 3 aromatic rings. The van der Waals surface area contributed by atoms with Crippen molar-refractivity contribution >= 4 is 0 Å². The van der Waals surface area contributed by atoms with Crippen molar-refractivity contribution in [2.75, 3.05) is 6.61 Å². The molecule has 3 heterocycles. The van der Waals surface area contributed by atoms with Gasteiger partial charge in [0.15, 0.2) is 5.60 Å². The van der Waals surface area contributed by atoms with Crippen LogP contribution in [0.1, 0.15) is 22.4 Å². The van der Waals surface area contributed by atoms with Gasteiger partial charge in [-0.2, -0.15) is 8.78 Å². The molecule has 1 N–H and O–H groups in total. The van der Waals surface area contributed by atoms with Crippen LogP contribution in [-0.2, 0) is 16.3 Å². The van der Waals surface area contributed by atoms with Crippen LogP contribution in [0.2, 0.25) is 0 Å². The fraction of sp³-hybridized carbons (Fsp3) is 0.150. The molecule has 27 heavy (non-hydrogen) atoms. The van der Waals surface area contributed by atoms with Gasteiger partial charge in [-0.05, 0) is 30.3 Å². The van der Waals surface area contributed by atoms with Crippen molar-refractivity contribution in [1.82, 2.24) is 9.97 Å². The minimum Gasteiger partial charge on any atom is -0.367 e. The third-order valence-corrected chi connectivity index (χ3v) is 4.34. The third kappa shape index (κ3) is 2.98. The van der Waals surface area contributed by atoms with E-state index in [1.807, 2.05) is 0 Å². The van der Waals surface area contributed by atoms with E-state index >= 15 is 8.78 Å². The molecule has 7 heteroatoms. The number of halogens is 4. The smallest absolute Gasteiger partial charge is 0.324 e. The molecule has 1 aromatic carbocycles. The summed E-state index contributed by atoms with van der Waals surface area (Å²) in [5, 5.41) is 0. The highest BCUT2D eigenvalue weighted by molar-refractivity contribution is 5.42. The molecule has 0 bridgehead atoms. The molecule has 0 radical (unpaired) electrons. The van der Waals surface area contributed by atoms with Crippen LogP contribution in [0.25, 0.3) is 0 Å². The normalized spacial score (nSPS) is 18.7. The predicted molar refractivity (Wildman–Crippen MR) is 88.9 cm³/mol. The Bertz CT molecular complexity index is 1030. The monoisotopic (exact) mass is 372 g/mol. The van der Waals surface area contributed by atoms with Gasteiger partial charge in [-0.25, -0.2) is 8.78 Å². The number of benzene rings is 1. The Kier molecular flexibility index (Phi) is 4.01. The molecular formula is C20H12F4N2O. The number of H-pyrrole nitrogens is 1. The molecule has 3 nitrogen and oxygen atoms in total. The van der Waals surface area contributed by atoms with E-state index in [2.05, 4.69) is 21.8 Å². The molecule has 1 aliphatic rings. The number of hydrogen-bond acceptors (Lipinski definition) is 2. The SMILES string of the molecule is Fc1ccc(C2(C(F)(F)c3ccc(C#Cc4cc[nH]c4)cn3)CO2)c(F)c1. The second kappa shape index (κ2) is 6.25. The molecule has 0 aliphatic carbocycles. The van der Waals surface area contributed by atoms with Gasteiger partial charge in [0, 0.05) is 41.3 Å². The number of nitrogens with one attached hydrogen (secondary N) is 1. The van der Waals surface area contributed by atoms with E-state index < -0.39 is 34.4 Å². The van der Waals surface area contributed by atoms with E-state index in [0.717, 1.165) is 23.8 Å². The van der Waals surface area contributed by atoms with E-state index in [0.29, 0.717) is 11.6 Å². The second-order valence-corrected chi connectivity index (χ2v) is 6.10. The zero-order valence-corrected chi connectivity index (χ0v) is 13.8. The number of ether oxygens (including phenoxy) is 1. The van der Waals surface area contributed by atoms with Gasteiger partial charge in [0.25, 0.3) is 0 Å². The molecule has 0 saturated carbocycles. The highest BCUT2D eigenvalue weighted by atomic mass is 19.3. The lowest BCUT2D eigenvalue weighted by Crippen LogP contribution is -2.34. The number of pyridine rings is 1. The van der Waals surface area contributed by atoms with Crippen molar-refractivity contribution in [2.45, 2.75) is 11.5 Å². The Labute approximate surface area is 152 Å². The highest BCUT2D eigenvalue weighted by Gasteiger charge is 2.68. The van der Waals surface area contributed by atoms with E-state index in [4.69, 9.17) is 4.74 Å². The first-order chi connectivity index (χ1) is 12.9. The van der Waals surface area contributed by atoms with Crippen molar-refractivity contribution in [3.05, 3.63) is 89.0 Å². The molecule has 1 atom stereocenters. The third-order valence-electron chi connectivity index (χ3n) is 4.34. The molecule has 1 saturated heterocycles. The summed E-state index contributed by atoms with van der Waals surface area (Å²) in [7, 11) is 0. The molecule has 4 rings (SSSR count). The molecule has 136 valence electrons. The summed E-state index contributed by atoms with van der Waals surface area (Å²) >= 11 is 0. The molecule has 2 aromatic heterocycles. The van der Waals surface area contributed by atoms with Gasteiger partial charge < -0.3 is 9.72 Å². The average Bonchev–Trinajstić information content (AvgIpc) is 3.29. The Morgan fingerprint density at radius 1 is 1.07 bits per heavy atom. The highest BCUT2D eigenvalue weighted by Crippen LogP contribution is 2.56. The molecule has 1 aliphatic heterocycles. The van der Waals surface area contributed by atoms with Crippen LogP contribution < -0.4 is 0 Å². The molecule has 0 spiro atoms. The largest absolute Gasteiger partial charge is 0.367 e. The van der Waals surface area contributed by atoms with Crippen LogP contribution in [0.5, 0.6) is 0 Å². The van der Waals surface area contributed by atoms with Crippen LogP contribution in [-0.4, -0.2) is 16.6 Å². The Balaban J connectivity index is 1.64. The Morgan fingerprint density at radius 2 is 1.85 bits per heavy atom. The fourth-order valence-electron chi connectivity index (χ4n) is 2.80. The summed E-state index contributed by atoms with van der Waals surface area (Å²) < 4.78 is 62.1. The molecular weight excluding hydrogens is 360 g/mol. The number of aromatic nitrogens is 2. The van der Waals surface area contributed by atoms with Gasteiger partial charge in [0.1, 0.15) is 17.3 Å². The van der Waals surface area contributed by atoms with Gasteiger partial charge in [-0.3, -0.25) is 4.98 Å². The molecule has 0 amide bonds. The van der Waals surface area contributed by atoms with Gasteiger partial charge >= 0.3 is 5.92 Å². The first-order valence-corrected chi connectivity index (χ1v) is 8.01. The fourth-order valence-corrected chi connectivity index (χ4v) is 2.80. The lowest BCUT2D eigenvalue weighted by Gasteiger charge is -2.24. The van der Waals surface area contributed by atoms with Crippen molar-refractivity contribution in [3.8, 4) is 11.8 Å². The van der Waals surface area contributed by atoms with Crippen LogP contribution in [0.15, 0.2) is 55.0 Å². The summed E-state index contributed by atoms with van der Waals surface area (Å²) in [6.07, 6.45) is 4.64. The number of epoxide rings is 1. The van der Waals surface area contributed by atoms with E-state index in [1.165, 1.54) is 12.3 Å². The summed E-state index contributed by atoms with van der Waals surface area (Å²) in [4.78, 5) is 6.65. The first-order valence-electron chi connectivity index (χ1n) is 8.01. The van der Waals surface area contributed by atoms with Gasteiger partial charge in [-0.1, -0.05) is 11.8 Å². The topological polar surface area (TPSA) is 41.2 Å². The Morgan fingerprint density at radius 3 is 2.44 bits per heavy atom.